The molecule has 3 aliphatic rings. The summed E-state index contributed by atoms with van der Waals surface area (Å²) in [6.45, 7) is 3.00. The van der Waals surface area contributed by atoms with Crippen molar-refractivity contribution in [2.24, 2.45) is 5.92 Å². The first kappa shape index (κ1) is 16.8. The van der Waals surface area contributed by atoms with Crippen LogP contribution in [-0.4, -0.2) is 39.7 Å². The standard InChI is InChI=1S/C21H20FN5O2/c1-12-11-29-17-3-2-14(22)8-16(17)21-9-13(21)4-6-26(21)18-5-7-27-19(25-18)15(10-23-27)20(28)24-12/h2-3,5,7-8,10,12-13H,4,6,9,11H2,1H3,(H,24,28)/t12-,13-,21+/m1/s1. The van der Waals surface area contributed by atoms with Crippen molar-refractivity contribution >= 4 is 17.4 Å². The number of halogens is 1. The van der Waals surface area contributed by atoms with Crippen molar-refractivity contribution in [3.05, 3.63) is 53.6 Å². The van der Waals surface area contributed by atoms with Crippen LogP contribution in [0.4, 0.5) is 10.2 Å². The number of piperidine rings is 1. The van der Waals surface area contributed by atoms with E-state index >= 15 is 0 Å². The van der Waals surface area contributed by atoms with E-state index in [-0.39, 0.29) is 23.3 Å². The van der Waals surface area contributed by atoms with Crippen LogP contribution >= 0.6 is 0 Å². The van der Waals surface area contributed by atoms with E-state index in [0.29, 0.717) is 29.5 Å². The van der Waals surface area contributed by atoms with Gasteiger partial charge in [-0.3, -0.25) is 4.79 Å². The maximum atomic E-state index is 14.3. The SMILES string of the molecule is C[C@@H]1COc2ccc(F)cc2[C@]23C[C@H]2CCN3c2ccn3ncc(c3n2)C(=O)N1. The zero-order valence-corrected chi connectivity index (χ0v) is 15.9. The van der Waals surface area contributed by atoms with Crippen molar-refractivity contribution in [3.63, 3.8) is 0 Å². The van der Waals surface area contributed by atoms with Gasteiger partial charge in [-0.15, -0.1) is 0 Å². The van der Waals surface area contributed by atoms with Crippen molar-refractivity contribution in [2.75, 3.05) is 18.1 Å². The molecule has 1 saturated heterocycles. The van der Waals surface area contributed by atoms with E-state index in [1.807, 2.05) is 19.2 Å². The van der Waals surface area contributed by atoms with Gasteiger partial charge in [-0.25, -0.2) is 13.9 Å². The Morgan fingerprint density at radius 1 is 1.34 bits per heavy atom. The summed E-state index contributed by atoms with van der Waals surface area (Å²) in [4.78, 5) is 19.8. The molecule has 2 bridgehead atoms. The number of anilines is 1. The predicted molar refractivity (Wildman–Crippen MR) is 104 cm³/mol. The van der Waals surface area contributed by atoms with Crippen LogP contribution in [0.25, 0.3) is 5.65 Å². The van der Waals surface area contributed by atoms with E-state index in [0.717, 1.165) is 30.8 Å². The van der Waals surface area contributed by atoms with E-state index < -0.39 is 0 Å². The van der Waals surface area contributed by atoms with Gasteiger partial charge in [-0.05, 0) is 49.9 Å². The molecule has 1 spiro atoms. The second kappa shape index (κ2) is 5.68. The Morgan fingerprint density at radius 3 is 3.10 bits per heavy atom. The Bertz CT molecular complexity index is 1160. The lowest BCUT2D eigenvalue weighted by atomic mass is 10.0. The summed E-state index contributed by atoms with van der Waals surface area (Å²) in [6.07, 6.45) is 5.33. The highest BCUT2D eigenvalue weighted by atomic mass is 19.1. The van der Waals surface area contributed by atoms with Crippen molar-refractivity contribution in [3.8, 4) is 5.75 Å². The average Bonchev–Trinajstić information content (AvgIpc) is 3.09. The number of carbonyl (C=O) groups excluding carboxylic acids is 1. The molecule has 1 N–H and O–H groups in total. The van der Waals surface area contributed by atoms with Crippen LogP contribution in [0.2, 0.25) is 0 Å². The molecule has 1 aliphatic carbocycles. The zero-order chi connectivity index (χ0) is 19.8. The number of fused-ring (bicyclic) bond motifs is 3. The van der Waals surface area contributed by atoms with Crippen LogP contribution in [0.1, 0.15) is 35.7 Å². The van der Waals surface area contributed by atoms with Gasteiger partial charge in [0.05, 0.1) is 17.8 Å². The topological polar surface area (TPSA) is 71.8 Å². The molecule has 6 rings (SSSR count). The van der Waals surface area contributed by atoms with E-state index in [1.165, 1.54) is 6.07 Å². The third-order valence-electron chi connectivity index (χ3n) is 6.41. The van der Waals surface area contributed by atoms with E-state index in [2.05, 4.69) is 15.3 Å². The molecule has 29 heavy (non-hydrogen) atoms. The first-order chi connectivity index (χ1) is 14.1. The highest BCUT2D eigenvalue weighted by molar-refractivity contribution is 6.00. The molecule has 2 aliphatic heterocycles. The van der Waals surface area contributed by atoms with Gasteiger partial charge >= 0.3 is 0 Å². The molecule has 4 heterocycles. The Morgan fingerprint density at radius 2 is 2.24 bits per heavy atom. The molecule has 0 radical (unpaired) electrons. The Labute approximate surface area is 166 Å². The third-order valence-corrected chi connectivity index (χ3v) is 6.41. The molecule has 1 aromatic carbocycles. The summed E-state index contributed by atoms with van der Waals surface area (Å²) < 4.78 is 21.9. The van der Waals surface area contributed by atoms with Crippen LogP contribution in [0.5, 0.6) is 5.75 Å². The van der Waals surface area contributed by atoms with Crippen molar-refractivity contribution in [1.82, 2.24) is 19.9 Å². The summed E-state index contributed by atoms with van der Waals surface area (Å²) >= 11 is 0. The number of hydrogen-bond donors (Lipinski definition) is 1. The average molecular weight is 393 g/mol. The number of amides is 1. The van der Waals surface area contributed by atoms with E-state index in [9.17, 15) is 9.18 Å². The molecular formula is C21H20FN5O2. The third kappa shape index (κ3) is 2.31. The van der Waals surface area contributed by atoms with E-state index in [1.54, 1.807) is 22.8 Å². The minimum absolute atomic E-state index is 0.230. The second-order valence-electron chi connectivity index (χ2n) is 8.20. The summed E-state index contributed by atoms with van der Waals surface area (Å²) in [5, 5.41) is 7.20. The Kier molecular flexibility index (Phi) is 3.29. The van der Waals surface area contributed by atoms with Gasteiger partial charge in [-0.2, -0.15) is 5.10 Å². The number of ether oxygens (including phenoxy) is 1. The highest BCUT2D eigenvalue weighted by Gasteiger charge is 2.64. The molecule has 3 aromatic rings. The van der Waals surface area contributed by atoms with Gasteiger partial charge in [0.2, 0.25) is 0 Å². The van der Waals surface area contributed by atoms with Gasteiger partial charge in [0.1, 0.15) is 29.6 Å². The molecule has 148 valence electrons. The van der Waals surface area contributed by atoms with Crippen molar-refractivity contribution in [2.45, 2.75) is 31.3 Å². The highest BCUT2D eigenvalue weighted by Crippen LogP contribution is 2.64. The second-order valence-corrected chi connectivity index (χ2v) is 8.20. The quantitative estimate of drug-likeness (QED) is 0.636. The lowest BCUT2D eigenvalue weighted by Gasteiger charge is -2.31. The monoisotopic (exact) mass is 393 g/mol. The molecule has 1 amide bonds. The zero-order valence-electron chi connectivity index (χ0n) is 15.9. The molecule has 3 atom stereocenters. The molecule has 2 aromatic heterocycles. The normalized spacial score (nSPS) is 27.8. The minimum atomic E-state index is -0.308. The fourth-order valence-electron chi connectivity index (χ4n) is 4.96. The van der Waals surface area contributed by atoms with Crippen LogP contribution < -0.4 is 15.0 Å². The summed E-state index contributed by atoms with van der Waals surface area (Å²) in [5.41, 5.74) is 1.51. The first-order valence-corrected chi connectivity index (χ1v) is 9.92. The maximum Gasteiger partial charge on any atom is 0.257 e. The molecule has 7 nitrogen and oxygen atoms in total. The molecule has 1 saturated carbocycles. The predicted octanol–water partition coefficient (Wildman–Crippen LogP) is 2.50. The Hall–Kier alpha value is -3.16. The number of carbonyl (C=O) groups is 1. The van der Waals surface area contributed by atoms with E-state index in [4.69, 9.17) is 9.72 Å². The number of benzene rings is 1. The molecule has 0 unspecified atom stereocenters. The van der Waals surface area contributed by atoms with Gasteiger partial charge in [0.15, 0.2) is 5.65 Å². The fraction of sp³-hybridized carbons (Fsp3) is 0.381. The number of rotatable bonds is 0. The van der Waals surface area contributed by atoms with Gasteiger partial charge < -0.3 is 15.0 Å². The summed E-state index contributed by atoms with van der Waals surface area (Å²) in [6, 6.07) is 6.40. The van der Waals surface area contributed by atoms with Crippen molar-refractivity contribution in [1.29, 1.82) is 0 Å². The number of hydrogen-bond acceptors (Lipinski definition) is 5. The fourth-order valence-corrected chi connectivity index (χ4v) is 4.96. The number of nitrogens with zero attached hydrogens (tertiary/aromatic N) is 4. The maximum absolute atomic E-state index is 14.3. The van der Waals surface area contributed by atoms with Crippen molar-refractivity contribution < 1.29 is 13.9 Å². The summed E-state index contributed by atoms with van der Waals surface area (Å²) in [7, 11) is 0. The molecule has 8 heteroatoms. The van der Waals surface area contributed by atoms with Crippen LogP contribution in [0, 0.1) is 11.7 Å². The molecular weight excluding hydrogens is 373 g/mol. The summed E-state index contributed by atoms with van der Waals surface area (Å²) in [5.74, 6) is 1.38. The smallest absolute Gasteiger partial charge is 0.257 e. The Balaban J connectivity index is 1.57. The lowest BCUT2D eigenvalue weighted by molar-refractivity contribution is 0.0928. The van der Waals surface area contributed by atoms with Crippen LogP contribution in [-0.2, 0) is 5.54 Å². The largest absolute Gasteiger partial charge is 0.491 e. The molecule has 2 fully saturated rings. The number of aromatic nitrogens is 3. The lowest BCUT2D eigenvalue weighted by Crippen LogP contribution is -2.37. The first-order valence-electron chi connectivity index (χ1n) is 9.92. The van der Waals surface area contributed by atoms with Crippen LogP contribution in [0.15, 0.2) is 36.7 Å². The van der Waals surface area contributed by atoms with Crippen LogP contribution in [0.3, 0.4) is 0 Å². The van der Waals surface area contributed by atoms with Gasteiger partial charge in [0.25, 0.3) is 5.91 Å². The number of nitrogens with one attached hydrogen (secondary N) is 1. The minimum Gasteiger partial charge on any atom is -0.491 e. The van der Waals surface area contributed by atoms with Gasteiger partial charge in [-0.1, -0.05) is 0 Å². The van der Waals surface area contributed by atoms with Gasteiger partial charge in [0, 0.05) is 18.3 Å².